The Hall–Kier alpha value is -3.64. The van der Waals surface area contributed by atoms with Gasteiger partial charge in [0.05, 0.1) is 17.9 Å². The van der Waals surface area contributed by atoms with E-state index in [4.69, 9.17) is 4.74 Å². The van der Waals surface area contributed by atoms with Gasteiger partial charge in [0.15, 0.2) is 11.2 Å². The highest BCUT2D eigenvalue weighted by Gasteiger charge is 2.37. The number of alkyl halides is 1. The van der Waals surface area contributed by atoms with Crippen LogP contribution in [0.5, 0.6) is 0 Å². The van der Waals surface area contributed by atoms with Crippen molar-refractivity contribution in [2.75, 3.05) is 6.61 Å². The first-order chi connectivity index (χ1) is 15.5. The molecule has 3 aromatic heterocycles. The van der Waals surface area contributed by atoms with Gasteiger partial charge in [0.1, 0.15) is 18.5 Å². The fourth-order valence-corrected chi connectivity index (χ4v) is 3.96. The van der Waals surface area contributed by atoms with Crippen molar-refractivity contribution in [2.45, 2.75) is 37.9 Å². The predicted octanol–water partition coefficient (Wildman–Crippen LogP) is 1.61. The maximum atomic E-state index is 14.1. The fourth-order valence-electron chi connectivity index (χ4n) is 3.96. The number of aliphatic hydroxyl groups is 1. The third kappa shape index (κ3) is 3.33. The quantitative estimate of drug-likeness (QED) is 0.355. The monoisotopic (exact) mass is 442 g/mol. The van der Waals surface area contributed by atoms with Crippen LogP contribution in [0.4, 0.5) is 10.1 Å². The molecule has 166 valence electrons. The molecule has 0 bridgehead atoms. The minimum atomic E-state index is -1.32. The summed E-state index contributed by atoms with van der Waals surface area (Å²) < 4.78 is 24.3. The van der Waals surface area contributed by atoms with Crippen molar-refractivity contribution in [1.82, 2.24) is 23.5 Å². The standard InChI is InChI=1S/C20H19FN6O5/c21-14-9-16(32-15(14)10-28)26-11-22-17-18(26)23-20-24(7-8-25(20)19(17)29)6-5-12-1-3-13(4-2-12)27(30)31/h1-4,7-8,11,14-16,28H,5-6,9-10H2/t14-,15+,16+/m0/s1. The lowest BCUT2D eigenvalue weighted by atomic mass is 10.1. The number of ether oxygens (including phenoxy) is 1. The molecular formula is C20H19FN6O5. The summed E-state index contributed by atoms with van der Waals surface area (Å²) in [6, 6.07) is 6.29. The molecule has 1 aliphatic rings. The highest BCUT2D eigenvalue weighted by molar-refractivity contribution is 5.72. The Morgan fingerprint density at radius 2 is 2.06 bits per heavy atom. The molecule has 0 unspecified atom stereocenters. The van der Waals surface area contributed by atoms with Gasteiger partial charge >= 0.3 is 0 Å². The normalized spacial score (nSPS) is 21.0. The van der Waals surface area contributed by atoms with Gasteiger partial charge in [-0.05, 0) is 12.0 Å². The Balaban J connectivity index is 1.47. The van der Waals surface area contributed by atoms with E-state index in [0.29, 0.717) is 18.7 Å². The maximum absolute atomic E-state index is 14.1. The summed E-state index contributed by atoms with van der Waals surface area (Å²) in [4.78, 5) is 32.0. The zero-order valence-corrected chi connectivity index (χ0v) is 16.7. The number of hydrogen-bond acceptors (Lipinski definition) is 7. The highest BCUT2D eigenvalue weighted by atomic mass is 19.1. The molecule has 1 aromatic carbocycles. The lowest BCUT2D eigenvalue weighted by Crippen LogP contribution is -2.21. The maximum Gasteiger partial charge on any atom is 0.287 e. The second kappa shape index (κ2) is 7.80. The van der Waals surface area contributed by atoms with E-state index in [9.17, 15) is 24.4 Å². The second-order valence-electron chi connectivity index (χ2n) is 7.64. The third-order valence-electron chi connectivity index (χ3n) is 5.70. The van der Waals surface area contributed by atoms with Crippen LogP contribution in [0.3, 0.4) is 0 Å². The molecule has 0 radical (unpaired) electrons. The number of rotatable bonds is 6. The molecule has 4 heterocycles. The van der Waals surface area contributed by atoms with Gasteiger partial charge in [-0.15, -0.1) is 0 Å². The minimum Gasteiger partial charge on any atom is -0.394 e. The molecule has 0 aliphatic carbocycles. The van der Waals surface area contributed by atoms with E-state index in [1.54, 1.807) is 29.1 Å². The van der Waals surface area contributed by atoms with Crippen LogP contribution in [0.2, 0.25) is 0 Å². The van der Waals surface area contributed by atoms with Crippen molar-refractivity contribution >= 4 is 22.6 Å². The van der Waals surface area contributed by atoms with E-state index >= 15 is 0 Å². The summed E-state index contributed by atoms with van der Waals surface area (Å²) in [5, 5.41) is 20.1. The van der Waals surface area contributed by atoms with Crippen LogP contribution in [-0.2, 0) is 17.7 Å². The van der Waals surface area contributed by atoms with Crippen molar-refractivity contribution < 1.29 is 19.2 Å². The van der Waals surface area contributed by atoms with E-state index in [0.717, 1.165) is 5.56 Å². The molecule has 4 aromatic rings. The van der Waals surface area contributed by atoms with Crippen LogP contribution < -0.4 is 5.56 Å². The van der Waals surface area contributed by atoms with Gasteiger partial charge in [-0.1, -0.05) is 12.1 Å². The molecule has 3 atom stereocenters. The number of nitrogens with zero attached hydrogens (tertiary/aromatic N) is 6. The number of aryl methyl sites for hydroxylation is 2. The number of hydrogen-bond donors (Lipinski definition) is 1. The lowest BCUT2D eigenvalue weighted by molar-refractivity contribution is -0.384. The summed E-state index contributed by atoms with van der Waals surface area (Å²) in [6.07, 6.45) is 2.36. The zero-order chi connectivity index (χ0) is 22.4. The smallest absolute Gasteiger partial charge is 0.287 e. The summed E-state index contributed by atoms with van der Waals surface area (Å²) in [6.45, 7) is 0.0512. The molecule has 11 nitrogen and oxygen atoms in total. The number of fused-ring (bicyclic) bond motifs is 2. The number of nitro benzene ring substituents is 1. The van der Waals surface area contributed by atoms with Crippen molar-refractivity contribution in [3.63, 3.8) is 0 Å². The predicted molar refractivity (Wildman–Crippen MR) is 110 cm³/mol. The van der Waals surface area contributed by atoms with Crippen LogP contribution in [0.15, 0.2) is 47.8 Å². The largest absolute Gasteiger partial charge is 0.394 e. The minimum absolute atomic E-state index is 0.0251. The molecule has 0 saturated carbocycles. The van der Waals surface area contributed by atoms with E-state index in [-0.39, 0.29) is 28.8 Å². The average molecular weight is 442 g/mol. The molecule has 1 N–H and O–H groups in total. The van der Waals surface area contributed by atoms with Crippen molar-refractivity contribution in [3.05, 3.63) is 69.0 Å². The molecule has 12 heteroatoms. The van der Waals surface area contributed by atoms with Gasteiger partial charge in [-0.3, -0.25) is 19.5 Å². The Morgan fingerprint density at radius 1 is 1.28 bits per heavy atom. The number of aromatic nitrogens is 5. The van der Waals surface area contributed by atoms with Crippen LogP contribution >= 0.6 is 0 Å². The highest BCUT2D eigenvalue weighted by Crippen LogP contribution is 2.32. The zero-order valence-electron chi connectivity index (χ0n) is 16.7. The van der Waals surface area contributed by atoms with Crippen molar-refractivity contribution in [2.24, 2.45) is 0 Å². The van der Waals surface area contributed by atoms with E-state index in [1.807, 2.05) is 0 Å². The van der Waals surface area contributed by atoms with Gasteiger partial charge in [0, 0.05) is 37.5 Å². The Labute approximate surface area is 179 Å². The fraction of sp³-hybridized carbons (Fsp3) is 0.350. The number of imidazole rings is 2. The first-order valence-electron chi connectivity index (χ1n) is 10.0. The number of aliphatic hydroxyl groups excluding tert-OH is 1. The summed E-state index contributed by atoms with van der Waals surface area (Å²) in [7, 11) is 0. The van der Waals surface area contributed by atoms with E-state index in [1.165, 1.54) is 27.4 Å². The molecule has 32 heavy (non-hydrogen) atoms. The van der Waals surface area contributed by atoms with Crippen LogP contribution in [0.1, 0.15) is 18.2 Å². The second-order valence-corrected chi connectivity index (χ2v) is 7.64. The molecule has 1 aliphatic heterocycles. The summed E-state index contributed by atoms with van der Waals surface area (Å²) in [5.74, 6) is 0.389. The van der Waals surface area contributed by atoms with Gasteiger partial charge in [-0.25, -0.2) is 13.8 Å². The van der Waals surface area contributed by atoms with Crippen LogP contribution in [0, 0.1) is 10.1 Å². The Morgan fingerprint density at radius 3 is 2.75 bits per heavy atom. The van der Waals surface area contributed by atoms with Crippen LogP contribution in [-0.4, -0.2) is 52.4 Å². The molecule has 5 rings (SSSR count). The molecule has 1 fully saturated rings. The number of nitro groups is 1. The van der Waals surface area contributed by atoms with E-state index < -0.39 is 30.0 Å². The lowest BCUT2D eigenvalue weighted by Gasteiger charge is -2.13. The number of halogens is 1. The van der Waals surface area contributed by atoms with E-state index in [2.05, 4.69) is 9.97 Å². The first-order valence-corrected chi connectivity index (χ1v) is 10.0. The van der Waals surface area contributed by atoms with Gasteiger partial charge in [0.2, 0.25) is 5.78 Å². The Kier molecular flexibility index (Phi) is 4.94. The van der Waals surface area contributed by atoms with Crippen molar-refractivity contribution in [3.8, 4) is 0 Å². The molecular weight excluding hydrogens is 423 g/mol. The number of non-ortho nitro benzene ring substituents is 1. The SMILES string of the molecule is O=c1c2ncn([C@H]3C[C@H](F)[C@@H](CO)O3)c2nc2n(CCc3ccc([N+](=O)[O-])cc3)ccn12. The van der Waals surface area contributed by atoms with Gasteiger partial charge < -0.3 is 14.4 Å². The van der Waals surface area contributed by atoms with Gasteiger partial charge in [-0.2, -0.15) is 4.98 Å². The molecule has 1 saturated heterocycles. The van der Waals surface area contributed by atoms with Crippen LogP contribution in [0.25, 0.3) is 16.9 Å². The van der Waals surface area contributed by atoms with Gasteiger partial charge in [0.25, 0.3) is 11.2 Å². The number of benzene rings is 1. The van der Waals surface area contributed by atoms with Crippen molar-refractivity contribution in [1.29, 1.82) is 0 Å². The summed E-state index contributed by atoms with van der Waals surface area (Å²) in [5.41, 5.74) is 0.992. The topological polar surface area (TPSA) is 130 Å². The first kappa shape index (κ1) is 20.3. The third-order valence-corrected chi connectivity index (χ3v) is 5.70. The Bertz CT molecular complexity index is 1360. The molecule has 0 spiro atoms. The molecule has 0 amide bonds. The average Bonchev–Trinajstić information content (AvgIpc) is 3.49. The summed E-state index contributed by atoms with van der Waals surface area (Å²) >= 11 is 0.